The van der Waals surface area contributed by atoms with E-state index in [1.807, 2.05) is 12.3 Å². The average molecular weight is 306 g/mol. The highest BCUT2D eigenvalue weighted by molar-refractivity contribution is 7.14. The lowest BCUT2D eigenvalue weighted by atomic mass is 10.1. The van der Waals surface area contributed by atoms with E-state index in [1.165, 1.54) is 27.3 Å². The summed E-state index contributed by atoms with van der Waals surface area (Å²) < 4.78 is 0. The zero-order valence-corrected chi connectivity index (χ0v) is 13.4. The van der Waals surface area contributed by atoms with Gasteiger partial charge in [0.05, 0.1) is 22.3 Å². The van der Waals surface area contributed by atoms with Gasteiger partial charge >= 0.3 is 0 Å². The molecule has 2 heterocycles. The highest BCUT2D eigenvalue weighted by Crippen LogP contribution is 2.39. The third-order valence-corrected chi connectivity index (χ3v) is 5.27. The van der Waals surface area contributed by atoms with Gasteiger partial charge in [-0.15, -0.1) is 11.3 Å². The Labute approximate surface area is 134 Å². The quantitative estimate of drug-likeness (QED) is 0.717. The molecule has 0 amide bonds. The van der Waals surface area contributed by atoms with Crippen molar-refractivity contribution >= 4 is 17.0 Å². The molecule has 0 fully saturated rings. The van der Waals surface area contributed by atoms with Crippen LogP contribution in [0.2, 0.25) is 0 Å². The summed E-state index contributed by atoms with van der Waals surface area (Å²) >= 11 is 1.76. The minimum Gasteiger partial charge on any atom is -0.377 e. The molecule has 2 nitrogen and oxygen atoms in total. The zero-order chi connectivity index (χ0) is 14.9. The molecule has 1 N–H and O–H groups in total. The van der Waals surface area contributed by atoms with Crippen molar-refractivity contribution in [3.05, 3.63) is 70.7 Å². The standard InChI is InChI=1S/C19H18N2S/c1-13-5-4-11-20-18(13)19-17(10-12-22-19)21-16-9-8-14-6-2-3-7-15(14)16/h2-7,10-12,16,21H,8-9H2,1H3. The van der Waals surface area contributed by atoms with E-state index < -0.39 is 0 Å². The van der Waals surface area contributed by atoms with Crippen LogP contribution in [-0.2, 0) is 6.42 Å². The van der Waals surface area contributed by atoms with Crippen LogP contribution < -0.4 is 5.32 Å². The molecule has 1 aliphatic carbocycles. The van der Waals surface area contributed by atoms with E-state index in [9.17, 15) is 0 Å². The molecule has 0 aliphatic heterocycles. The first-order valence-corrected chi connectivity index (χ1v) is 8.55. The maximum absolute atomic E-state index is 4.57. The van der Waals surface area contributed by atoms with E-state index in [-0.39, 0.29) is 0 Å². The Balaban J connectivity index is 1.66. The Morgan fingerprint density at radius 2 is 2.05 bits per heavy atom. The van der Waals surface area contributed by atoms with E-state index in [2.05, 4.69) is 59.0 Å². The number of rotatable bonds is 3. The van der Waals surface area contributed by atoms with Crippen molar-refractivity contribution in [3.63, 3.8) is 0 Å². The minimum atomic E-state index is 0.411. The molecule has 0 spiro atoms. The van der Waals surface area contributed by atoms with Crippen molar-refractivity contribution in [3.8, 4) is 10.6 Å². The first-order valence-electron chi connectivity index (χ1n) is 7.67. The van der Waals surface area contributed by atoms with Crippen LogP contribution >= 0.6 is 11.3 Å². The fourth-order valence-electron chi connectivity index (χ4n) is 3.22. The number of hydrogen-bond donors (Lipinski definition) is 1. The summed E-state index contributed by atoms with van der Waals surface area (Å²) in [7, 11) is 0. The van der Waals surface area contributed by atoms with Gasteiger partial charge in [0, 0.05) is 6.20 Å². The van der Waals surface area contributed by atoms with Crippen LogP contribution in [0.4, 0.5) is 5.69 Å². The normalized spacial score (nSPS) is 16.5. The lowest BCUT2D eigenvalue weighted by Crippen LogP contribution is -2.07. The Morgan fingerprint density at radius 1 is 1.14 bits per heavy atom. The number of thiophene rings is 1. The molecule has 4 rings (SSSR count). The lowest BCUT2D eigenvalue weighted by molar-refractivity contribution is 0.763. The molecule has 22 heavy (non-hydrogen) atoms. The minimum absolute atomic E-state index is 0.411. The number of anilines is 1. The van der Waals surface area contributed by atoms with Crippen LogP contribution in [-0.4, -0.2) is 4.98 Å². The van der Waals surface area contributed by atoms with Crippen LogP contribution in [0.15, 0.2) is 54.0 Å². The fourth-order valence-corrected chi connectivity index (χ4v) is 4.14. The van der Waals surface area contributed by atoms with Gasteiger partial charge in [-0.05, 0) is 54.0 Å². The van der Waals surface area contributed by atoms with Crippen LogP contribution in [0, 0.1) is 6.92 Å². The van der Waals surface area contributed by atoms with Gasteiger partial charge in [0.15, 0.2) is 0 Å². The molecule has 3 aromatic rings. The molecule has 1 unspecified atom stereocenters. The zero-order valence-electron chi connectivity index (χ0n) is 12.5. The Morgan fingerprint density at radius 3 is 2.95 bits per heavy atom. The second-order valence-electron chi connectivity index (χ2n) is 5.77. The van der Waals surface area contributed by atoms with E-state index >= 15 is 0 Å². The molecule has 0 radical (unpaired) electrons. The first-order chi connectivity index (χ1) is 10.8. The second kappa shape index (κ2) is 5.58. The summed E-state index contributed by atoms with van der Waals surface area (Å²) in [5.74, 6) is 0. The van der Waals surface area contributed by atoms with Gasteiger partial charge in [-0.25, -0.2) is 0 Å². The highest BCUT2D eigenvalue weighted by atomic mass is 32.1. The van der Waals surface area contributed by atoms with Crippen molar-refractivity contribution in [2.45, 2.75) is 25.8 Å². The third-order valence-electron chi connectivity index (χ3n) is 4.35. The van der Waals surface area contributed by atoms with Gasteiger partial charge in [-0.3, -0.25) is 4.98 Å². The van der Waals surface area contributed by atoms with Crippen molar-refractivity contribution in [1.82, 2.24) is 4.98 Å². The average Bonchev–Trinajstić information content (AvgIpc) is 3.16. The summed E-state index contributed by atoms with van der Waals surface area (Å²) in [6.07, 6.45) is 4.20. The number of nitrogens with one attached hydrogen (secondary N) is 1. The van der Waals surface area contributed by atoms with Gasteiger partial charge in [0.25, 0.3) is 0 Å². The summed E-state index contributed by atoms with van der Waals surface area (Å²) in [5.41, 5.74) is 6.43. The van der Waals surface area contributed by atoms with Gasteiger partial charge in [-0.2, -0.15) is 0 Å². The number of aromatic nitrogens is 1. The molecule has 1 aliphatic rings. The van der Waals surface area contributed by atoms with E-state index in [0.29, 0.717) is 6.04 Å². The molecule has 0 saturated carbocycles. The number of aryl methyl sites for hydroxylation is 2. The van der Waals surface area contributed by atoms with Crippen molar-refractivity contribution in [2.75, 3.05) is 5.32 Å². The Bertz CT molecular complexity index is 806. The van der Waals surface area contributed by atoms with E-state index in [1.54, 1.807) is 11.3 Å². The number of hydrogen-bond acceptors (Lipinski definition) is 3. The molecule has 0 saturated heterocycles. The highest BCUT2D eigenvalue weighted by Gasteiger charge is 2.23. The van der Waals surface area contributed by atoms with Crippen molar-refractivity contribution < 1.29 is 0 Å². The molecule has 1 atom stereocenters. The monoisotopic (exact) mass is 306 g/mol. The van der Waals surface area contributed by atoms with Crippen molar-refractivity contribution in [1.29, 1.82) is 0 Å². The van der Waals surface area contributed by atoms with Gasteiger partial charge in [0.2, 0.25) is 0 Å². The van der Waals surface area contributed by atoms with E-state index in [4.69, 9.17) is 0 Å². The molecule has 110 valence electrons. The lowest BCUT2D eigenvalue weighted by Gasteiger charge is -2.16. The summed E-state index contributed by atoms with van der Waals surface area (Å²) in [5, 5.41) is 5.89. The maximum Gasteiger partial charge on any atom is 0.0851 e. The predicted molar refractivity (Wildman–Crippen MR) is 93.4 cm³/mol. The molecule has 1 aromatic carbocycles. The largest absolute Gasteiger partial charge is 0.377 e. The number of fused-ring (bicyclic) bond motifs is 1. The predicted octanol–water partition coefficient (Wildman–Crippen LogP) is 5.22. The number of benzene rings is 1. The molecule has 2 aromatic heterocycles. The second-order valence-corrected chi connectivity index (χ2v) is 6.68. The molecule has 3 heteroatoms. The first kappa shape index (κ1) is 13.5. The molecular weight excluding hydrogens is 288 g/mol. The molecule has 0 bridgehead atoms. The van der Waals surface area contributed by atoms with Crippen LogP contribution in [0.25, 0.3) is 10.6 Å². The summed E-state index contributed by atoms with van der Waals surface area (Å²) in [4.78, 5) is 5.81. The van der Waals surface area contributed by atoms with Crippen LogP contribution in [0.5, 0.6) is 0 Å². The SMILES string of the molecule is Cc1cccnc1-c1sccc1NC1CCc2ccccc21. The van der Waals surface area contributed by atoms with Gasteiger partial charge < -0.3 is 5.32 Å². The number of nitrogens with zero attached hydrogens (tertiary/aromatic N) is 1. The Kier molecular flexibility index (Phi) is 3.43. The smallest absolute Gasteiger partial charge is 0.0851 e. The van der Waals surface area contributed by atoms with Gasteiger partial charge in [-0.1, -0.05) is 30.3 Å². The van der Waals surface area contributed by atoms with Crippen LogP contribution in [0.3, 0.4) is 0 Å². The van der Waals surface area contributed by atoms with Gasteiger partial charge in [0.1, 0.15) is 0 Å². The third kappa shape index (κ3) is 2.32. The van der Waals surface area contributed by atoms with Crippen LogP contribution in [0.1, 0.15) is 29.2 Å². The molecular formula is C19H18N2S. The topological polar surface area (TPSA) is 24.9 Å². The number of pyridine rings is 1. The fraction of sp³-hybridized carbons (Fsp3) is 0.211. The Hall–Kier alpha value is -2.13. The maximum atomic E-state index is 4.57. The summed E-state index contributed by atoms with van der Waals surface area (Å²) in [6, 6.07) is 15.5. The van der Waals surface area contributed by atoms with Crippen molar-refractivity contribution in [2.24, 2.45) is 0 Å². The summed E-state index contributed by atoms with van der Waals surface area (Å²) in [6.45, 7) is 2.12. The van der Waals surface area contributed by atoms with E-state index in [0.717, 1.165) is 18.5 Å².